The lowest BCUT2D eigenvalue weighted by Gasteiger charge is -2.44. The number of hydrogen-bond acceptors (Lipinski definition) is 3. The summed E-state index contributed by atoms with van der Waals surface area (Å²) in [5.41, 5.74) is 5.98. The van der Waals surface area contributed by atoms with Crippen molar-refractivity contribution in [3.63, 3.8) is 0 Å². The van der Waals surface area contributed by atoms with Gasteiger partial charge in [0.05, 0.1) is 18.3 Å². The molecule has 0 saturated heterocycles. The standard InChI is InChI=1S/C14H27NO2/c1-3-8-16-14-12(15)9-13(14)17-11-6-4-10(2)5-7-11/h10-14H,3-9,15H2,1-2H3. The van der Waals surface area contributed by atoms with Crippen molar-refractivity contribution in [2.45, 2.75) is 76.7 Å². The summed E-state index contributed by atoms with van der Waals surface area (Å²) in [7, 11) is 0. The fourth-order valence-corrected chi connectivity index (χ4v) is 2.85. The van der Waals surface area contributed by atoms with Gasteiger partial charge >= 0.3 is 0 Å². The first-order valence-electron chi connectivity index (χ1n) is 7.23. The highest BCUT2D eigenvalue weighted by Crippen LogP contribution is 2.32. The molecule has 0 spiro atoms. The van der Waals surface area contributed by atoms with Crippen molar-refractivity contribution >= 4 is 0 Å². The molecule has 0 amide bonds. The second-order valence-electron chi connectivity index (χ2n) is 5.79. The molecule has 0 heterocycles. The summed E-state index contributed by atoms with van der Waals surface area (Å²) in [6.45, 7) is 5.27. The molecule has 3 unspecified atom stereocenters. The maximum absolute atomic E-state index is 6.15. The molecule has 17 heavy (non-hydrogen) atoms. The zero-order valence-electron chi connectivity index (χ0n) is 11.2. The second-order valence-corrected chi connectivity index (χ2v) is 5.79. The molecule has 0 aromatic heterocycles. The first-order valence-corrected chi connectivity index (χ1v) is 7.23. The van der Waals surface area contributed by atoms with E-state index in [9.17, 15) is 0 Å². The van der Waals surface area contributed by atoms with Gasteiger partial charge in [0.2, 0.25) is 0 Å². The Balaban J connectivity index is 1.71. The lowest BCUT2D eigenvalue weighted by molar-refractivity contribution is -0.167. The molecular weight excluding hydrogens is 214 g/mol. The van der Waals surface area contributed by atoms with Crippen LogP contribution in [0, 0.1) is 5.92 Å². The van der Waals surface area contributed by atoms with Crippen LogP contribution >= 0.6 is 0 Å². The van der Waals surface area contributed by atoms with Gasteiger partial charge in [-0.2, -0.15) is 0 Å². The SMILES string of the molecule is CCCOC1C(N)CC1OC1CCC(C)CC1. The lowest BCUT2D eigenvalue weighted by Crippen LogP contribution is -2.59. The molecule has 3 nitrogen and oxygen atoms in total. The predicted octanol–water partition coefficient (Wildman–Crippen LogP) is 2.48. The molecule has 2 saturated carbocycles. The zero-order chi connectivity index (χ0) is 12.3. The van der Waals surface area contributed by atoms with Crippen LogP contribution in [0.25, 0.3) is 0 Å². The van der Waals surface area contributed by atoms with Crippen LogP contribution in [0.3, 0.4) is 0 Å². The summed E-state index contributed by atoms with van der Waals surface area (Å²) in [5, 5.41) is 0. The van der Waals surface area contributed by atoms with E-state index < -0.39 is 0 Å². The molecule has 3 heteroatoms. The molecule has 0 bridgehead atoms. The summed E-state index contributed by atoms with van der Waals surface area (Å²) < 4.78 is 11.9. The molecule has 2 fully saturated rings. The fourth-order valence-electron chi connectivity index (χ4n) is 2.85. The van der Waals surface area contributed by atoms with E-state index in [1.54, 1.807) is 0 Å². The number of ether oxygens (including phenoxy) is 2. The van der Waals surface area contributed by atoms with Gasteiger partial charge in [0.1, 0.15) is 0 Å². The Hall–Kier alpha value is -0.120. The van der Waals surface area contributed by atoms with Crippen LogP contribution in [0.5, 0.6) is 0 Å². The van der Waals surface area contributed by atoms with E-state index in [4.69, 9.17) is 15.2 Å². The highest BCUT2D eigenvalue weighted by atomic mass is 16.6. The van der Waals surface area contributed by atoms with Crippen molar-refractivity contribution in [2.75, 3.05) is 6.61 Å². The molecule has 0 aromatic rings. The molecule has 2 aliphatic carbocycles. The molecule has 0 radical (unpaired) electrons. The smallest absolute Gasteiger partial charge is 0.0988 e. The van der Waals surface area contributed by atoms with Crippen molar-refractivity contribution in [2.24, 2.45) is 11.7 Å². The zero-order valence-corrected chi connectivity index (χ0v) is 11.2. The summed E-state index contributed by atoms with van der Waals surface area (Å²) >= 11 is 0. The third-order valence-corrected chi connectivity index (χ3v) is 4.14. The number of rotatable bonds is 5. The number of hydrogen-bond donors (Lipinski definition) is 1. The van der Waals surface area contributed by atoms with Crippen LogP contribution in [0.1, 0.15) is 52.4 Å². The maximum atomic E-state index is 6.15. The van der Waals surface area contributed by atoms with Crippen LogP contribution in [0.15, 0.2) is 0 Å². The Bertz CT molecular complexity index is 226. The molecule has 2 aliphatic rings. The van der Waals surface area contributed by atoms with Gasteiger partial charge in [-0.1, -0.05) is 13.8 Å². The van der Waals surface area contributed by atoms with E-state index in [-0.39, 0.29) is 18.2 Å². The average Bonchev–Trinajstić information content (AvgIpc) is 2.31. The van der Waals surface area contributed by atoms with Gasteiger partial charge in [-0.25, -0.2) is 0 Å². The Labute approximate surface area is 105 Å². The molecule has 2 rings (SSSR count). The van der Waals surface area contributed by atoms with Gasteiger partial charge in [0, 0.05) is 12.6 Å². The second kappa shape index (κ2) is 6.17. The Morgan fingerprint density at radius 1 is 1.18 bits per heavy atom. The lowest BCUT2D eigenvalue weighted by atomic mass is 9.84. The summed E-state index contributed by atoms with van der Waals surface area (Å²) in [4.78, 5) is 0. The van der Waals surface area contributed by atoms with Gasteiger partial charge < -0.3 is 15.2 Å². The van der Waals surface area contributed by atoms with Gasteiger partial charge in [0.15, 0.2) is 0 Å². The topological polar surface area (TPSA) is 44.5 Å². The van der Waals surface area contributed by atoms with Gasteiger partial charge in [-0.05, 0) is 44.4 Å². The van der Waals surface area contributed by atoms with Crippen molar-refractivity contribution in [1.29, 1.82) is 0 Å². The Morgan fingerprint density at radius 3 is 2.47 bits per heavy atom. The minimum Gasteiger partial charge on any atom is -0.374 e. The molecule has 0 aliphatic heterocycles. The van der Waals surface area contributed by atoms with E-state index in [1.807, 2.05) is 0 Å². The largest absolute Gasteiger partial charge is 0.374 e. The van der Waals surface area contributed by atoms with Crippen molar-refractivity contribution < 1.29 is 9.47 Å². The maximum Gasteiger partial charge on any atom is 0.0988 e. The minimum absolute atomic E-state index is 0.147. The van der Waals surface area contributed by atoms with Crippen LogP contribution in [0.2, 0.25) is 0 Å². The predicted molar refractivity (Wildman–Crippen MR) is 68.9 cm³/mol. The summed E-state index contributed by atoms with van der Waals surface area (Å²) in [6.07, 6.45) is 7.94. The highest BCUT2D eigenvalue weighted by molar-refractivity contribution is 4.96. The molecule has 100 valence electrons. The monoisotopic (exact) mass is 241 g/mol. The minimum atomic E-state index is 0.147. The van der Waals surface area contributed by atoms with Gasteiger partial charge in [-0.15, -0.1) is 0 Å². The summed E-state index contributed by atoms with van der Waals surface area (Å²) in [5.74, 6) is 0.880. The highest BCUT2D eigenvalue weighted by Gasteiger charge is 2.41. The van der Waals surface area contributed by atoms with E-state index in [1.165, 1.54) is 25.7 Å². The van der Waals surface area contributed by atoms with Crippen molar-refractivity contribution in [3.05, 3.63) is 0 Å². The van der Waals surface area contributed by atoms with Crippen LogP contribution < -0.4 is 5.73 Å². The molecule has 3 atom stereocenters. The molecule has 0 aromatic carbocycles. The Morgan fingerprint density at radius 2 is 1.88 bits per heavy atom. The first-order chi connectivity index (χ1) is 8.20. The first kappa shape index (κ1) is 13.3. The average molecular weight is 241 g/mol. The quantitative estimate of drug-likeness (QED) is 0.804. The van der Waals surface area contributed by atoms with E-state index >= 15 is 0 Å². The van der Waals surface area contributed by atoms with E-state index in [0.29, 0.717) is 6.10 Å². The van der Waals surface area contributed by atoms with Crippen LogP contribution in [0.4, 0.5) is 0 Å². The van der Waals surface area contributed by atoms with Crippen LogP contribution in [-0.2, 0) is 9.47 Å². The summed E-state index contributed by atoms with van der Waals surface area (Å²) in [6, 6.07) is 0.189. The normalized spacial score (nSPS) is 42.2. The third-order valence-electron chi connectivity index (χ3n) is 4.14. The van der Waals surface area contributed by atoms with E-state index in [0.717, 1.165) is 25.4 Å². The number of nitrogens with two attached hydrogens (primary N) is 1. The Kier molecular flexibility index (Phi) is 4.83. The fraction of sp³-hybridized carbons (Fsp3) is 1.00. The van der Waals surface area contributed by atoms with Crippen molar-refractivity contribution in [3.8, 4) is 0 Å². The third kappa shape index (κ3) is 3.43. The molecular formula is C14H27NO2. The van der Waals surface area contributed by atoms with E-state index in [2.05, 4.69) is 13.8 Å². The van der Waals surface area contributed by atoms with Crippen LogP contribution in [-0.4, -0.2) is 31.0 Å². The van der Waals surface area contributed by atoms with Gasteiger partial charge in [0.25, 0.3) is 0 Å². The van der Waals surface area contributed by atoms with Gasteiger partial charge in [-0.3, -0.25) is 0 Å². The molecule has 2 N–H and O–H groups in total. The van der Waals surface area contributed by atoms with Crippen molar-refractivity contribution in [1.82, 2.24) is 0 Å².